The van der Waals surface area contributed by atoms with Crippen LogP contribution in [0.15, 0.2) is 57.8 Å². The van der Waals surface area contributed by atoms with Gasteiger partial charge in [0.2, 0.25) is 5.95 Å². The number of pyridine rings is 1. The number of amides is 2. The summed E-state index contributed by atoms with van der Waals surface area (Å²) in [6.07, 6.45) is -3.97. The number of carbonyl (C=O) groups excluding carboxylic acids is 2. The second-order valence-electron chi connectivity index (χ2n) is 8.12. The largest absolute Gasteiger partial charge is 0.455 e. The van der Waals surface area contributed by atoms with Crippen molar-refractivity contribution in [2.75, 3.05) is 11.6 Å². The average molecular weight is 557 g/mol. The number of ether oxygens (including phenoxy) is 1. The third-order valence-corrected chi connectivity index (χ3v) is 6.70. The number of hydrogen-bond donors (Lipinski definition) is 2. The molecule has 0 spiro atoms. The first-order valence-electron chi connectivity index (χ1n) is 10.7. The van der Waals surface area contributed by atoms with Gasteiger partial charge in [0, 0.05) is 16.8 Å². The van der Waals surface area contributed by atoms with Gasteiger partial charge >= 0.3 is 6.18 Å². The van der Waals surface area contributed by atoms with Crippen LogP contribution in [0.4, 0.5) is 27.6 Å². The Labute approximate surface area is 214 Å². The quantitative estimate of drug-likeness (QED) is 0.323. The molecule has 0 aliphatic rings. The van der Waals surface area contributed by atoms with Gasteiger partial charge < -0.3 is 15.8 Å². The van der Waals surface area contributed by atoms with Crippen LogP contribution in [-0.2, 0) is 20.7 Å². The van der Waals surface area contributed by atoms with Crippen LogP contribution in [0.25, 0.3) is 0 Å². The first kappa shape index (κ1) is 28.7. The molecule has 0 aliphatic carbocycles. The van der Waals surface area contributed by atoms with Crippen molar-refractivity contribution in [3.63, 3.8) is 0 Å². The van der Waals surface area contributed by atoms with Gasteiger partial charge in [-0.3, -0.25) is 9.59 Å². The number of nitrogens with zero attached hydrogens (tertiary/aromatic N) is 2. The highest BCUT2D eigenvalue weighted by Gasteiger charge is 2.37. The van der Waals surface area contributed by atoms with E-state index in [2.05, 4.69) is 14.7 Å². The SMILES string of the molecule is Cc1nc(F)ccc1Oc1ccc(C(F)(F)F)c(F)c1C(=O)Nc1cccc([S@@](C)(=O)=NC(=O)[C@@H](C)N)c1. The minimum atomic E-state index is -5.13. The second kappa shape index (κ2) is 10.8. The zero-order valence-corrected chi connectivity index (χ0v) is 20.9. The van der Waals surface area contributed by atoms with E-state index < -0.39 is 62.4 Å². The fourth-order valence-corrected chi connectivity index (χ4v) is 4.42. The Morgan fingerprint density at radius 3 is 2.37 bits per heavy atom. The first-order chi connectivity index (χ1) is 17.6. The van der Waals surface area contributed by atoms with Crippen molar-refractivity contribution >= 4 is 27.2 Å². The van der Waals surface area contributed by atoms with Crippen LogP contribution >= 0.6 is 0 Å². The van der Waals surface area contributed by atoms with E-state index in [0.717, 1.165) is 30.5 Å². The third-order valence-electron chi connectivity index (χ3n) is 5.04. The van der Waals surface area contributed by atoms with E-state index in [1.165, 1.54) is 32.0 Å². The number of alkyl halides is 3. The van der Waals surface area contributed by atoms with E-state index in [1.54, 1.807) is 0 Å². The number of nitrogens with two attached hydrogens (primary N) is 1. The normalized spacial score (nSPS) is 13.8. The van der Waals surface area contributed by atoms with Gasteiger partial charge in [-0.15, -0.1) is 0 Å². The fraction of sp³-hybridized carbons (Fsp3) is 0.208. The van der Waals surface area contributed by atoms with Gasteiger partial charge in [-0.05, 0) is 56.3 Å². The number of aryl methyl sites for hydroxylation is 1. The summed E-state index contributed by atoms with van der Waals surface area (Å²) < 4.78 is 90.6. The van der Waals surface area contributed by atoms with Gasteiger partial charge in [-0.2, -0.15) is 21.9 Å². The third kappa shape index (κ3) is 6.50. The lowest BCUT2D eigenvalue weighted by Crippen LogP contribution is -2.25. The molecular weight excluding hydrogens is 535 g/mol. The van der Waals surface area contributed by atoms with Crippen molar-refractivity contribution in [3.8, 4) is 11.5 Å². The van der Waals surface area contributed by atoms with Crippen molar-refractivity contribution in [1.82, 2.24) is 4.98 Å². The first-order valence-corrected chi connectivity index (χ1v) is 12.7. The van der Waals surface area contributed by atoms with Crippen LogP contribution in [0.3, 0.4) is 0 Å². The molecule has 14 heteroatoms. The Balaban J connectivity index is 2.05. The summed E-state index contributed by atoms with van der Waals surface area (Å²) in [7, 11) is -3.31. The smallest absolute Gasteiger partial charge is 0.419 e. The minimum absolute atomic E-state index is 0.00158. The lowest BCUT2D eigenvalue weighted by molar-refractivity contribution is -0.140. The molecule has 38 heavy (non-hydrogen) atoms. The van der Waals surface area contributed by atoms with Gasteiger partial charge in [0.15, 0.2) is 5.82 Å². The van der Waals surface area contributed by atoms with E-state index in [4.69, 9.17) is 10.5 Å². The maximum atomic E-state index is 15.1. The summed E-state index contributed by atoms with van der Waals surface area (Å²) in [5, 5.41) is 2.24. The molecule has 8 nitrogen and oxygen atoms in total. The number of hydrogen-bond acceptors (Lipinski definition) is 6. The zero-order chi connectivity index (χ0) is 28.4. The lowest BCUT2D eigenvalue weighted by atomic mass is 10.1. The minimum Gasteiger partial charge on any atom is -0.455 e. The summed E-state index contributed by atoms with van der Waals surface area (Å²) in [6.45, 7) is 2.69. The molecule has 0 unspecified atom stereocenters. The molecular formula is C24H21F5N4O4S. The van der Waals surface area contributed by atoms with Crippen molar-refractivity contribution in [1.29, 1.82) is 0 Å². The summed E-state index contributed by atoms with van der Waals surface area (Å²) in [4.78, 5) is 28.4. The van der Waals surface area contributed by atoms with Crippen molar-refractivity contribution < 1.29 is 40.5 Å². The summed E-state index contributed by atoms with van der Waals surface area (Å²) >= 11 is 0. The molecule has 3 N–H and O–H groups in total. The standard InChI is InChI=1S/C24H21F5N4O4S/c1-12(30)22(34)33-38(3,36)15-6-4-5-14(11-15)32-23(35)20-18(8-7-16(21(20)26)24(27,28)29)37-17-9-10-19(25)31-13(17)2/h4-12H,30H2,1-3H3,(H,32,35)/t12-,38-/m1/s1. The molecule has 3 rings (SSSR count). The van der Waals surface area contributed by atoms with Crippen LogP contribution in [-0.4, -0.2) is 33.3 Å². The topological polar surface area (TPSA) is 124 Å². The molecule has 1 aromatic heterocycles. The van der Waals surface area contributed by atoms with Crippen molar-refractivity contribution in [2.45, 2.75) is 31.0 Å². The molecule has 2 aromatic carbocycles. The van der Waals surface area contributed by atoms with Gasteiger partial charge in [-0.1, -0.05) is 6.07 Å². The zero-order valence-electron chi connectivity index (χ0n) is 20.1. The molecule has 1 heterocycles. The molecule has 202 valence electrons. The van der Waals surface area contributed by atoms with E-state index in [9.17, 15) is 31.4 Å². The predicted octanol–water partition coefficient (Wildman–Crippen LogP) is 5.06. The highest BCUT2D eigenvalue weighted by Crippen LogP contribution is 2.38. The van der Waals surface area contributed by atoms with E-state index in [1.807, 2.05) is 0 Å². The van der Waals surface area contributed by atoms with Crippen LogP contribution in [0.1, 0.15) is 28.5 Å². The van der Waals surface area contributed by atoms with Gasteiger partial charge in [0.1, 0.15) is 17.1 Å². The number of anilines is 1. The number of benzene rings is 2. The fourth-order valence-electron chi connectivity index (χ4n) is 3.13. The van der Waals surface area contributed by atoms with Crippen molar-refractivity contribution in [3.05, 3.63) is 77.1 Å². The highest BCUT2D eigenvalue weighted by atomic mass is 32.2. The van der Waals surface area contributed by atoms with Gasteiger partial charge in [-0.25, -0.2) is 13.6 Å². The average Bonchev–Trinajstić information content (AvgIpc) is 2.80. The molecule has 2 atom stereocenters. The van der Waals surface area contributed by atoms with Crippen molar-refractivity contribution in [2.24, 2.45) is 10.1 Å². The maximum Gasteiger partial charge on any atom is 0.419 e. The van der Waals surface area contributed by atoms with Gasteiger partial charge in [0.25, 0.3) is 11.8 Å². The number of rotatable bonds is 6. The molecule has 0 fully saturated rings. The monoisotopic (exact) mass is 556 g/mol. The van der Waals surface area contributed by atoms with Gasteiger partial charge in [0.05, 0.1) is 27.0 Å². The Bertz CT molecular complexity index is 1530. The van der Waals surface area contributed by atoms with E-state index in [-0.39, 0.29) is 22.0 Å². The summed E-state index contributed by atoms with van der Waals surface area (Å²) in [6, 6.07) is 7.31. The number of aromatic nitrogens is 1. The number of carbonyl (C=O) groups is 2. The molecule has 0 aliphatic heterocycles. The lowest BCUT2D eigenvalue weighted by Gasteiger charge is -2.17. The Morgan fingerprint density at radius 2 is 1.76 bits per heavy atom. The summed E-state index contributed by atoms with van der Waals surface area (Å²) in [5.74, 6) is -5.66. The second-order valence-corrected chi connectivity index (χ2v) is 10.4. The molecule has 0 saturated heterocycles. The number of nitrogens with one attached hydrogen (secondary N) is 1. The van der Waals surface area contributed by atoms with Crippen LogP contribution < -0.4 is 15.8 Å². The van der Waals surface area contributed by atoms with E-state index >= 15 is 4.39 Å². The predicted molar refractivity (Wildman–Crippen MR) is 128 cm³/mol. The highest BCUT2D eigenvalue weighted by molar-refractivity contribution is 7.93. The maximum absolute atomic E-state index is 15.1. The van der Waals surface area contributed by atoms with Crippen LogP contribution in [0, 0.1) is 18.7 Å². The Hall–Kier alpha value is -3.91. The summed E-state index contributed by atoms with van der Waals surface area (Å²) in [5.41, 5.74) is 2.54. The molecule has 0 radical (unpaired) electrons. The Kier molecular flexibility index (Phi) is 8.17. The molecule has 2 amide bonds. The molecule has 0 bridgehead atoms. The van der Waals surface area contributed by atoms with Crippen LogP contribution in [0.5, 0.6) is 11.5 Å². The molecule has 3 aromatic rings. The molecule has 0 saturated carbocycles. The Morgan fingerprint density at radius 1 is 1.11 bits per heavy atom. The van der Waals surface area contributed by atoms with Crippen LogP contribution in [0.2, 0.25) is 0 Å². The van der Waals surface area contributed by atoms with E-state index in [0.29, 0.717) is 6.07 Å². The number of halogens is 5.